The molecule has 1 aliphatic carbocycles. The van der Waals surface area contributed by atoms with Gasteiger partial charge in [0.05, 0.1) is 30.3 Å². The third-order valence-corrected chi connectivity index (χ3v) is 5.93. The van der Waals surface area contributed by atoms with E-state index in [0.717, 1.165) is 23.8 Å². The second-order valence-corrected chi connectivity index (χ2v) is 8.23. The van der Waals surface area contributed by atoms with Crippen molar-refractivity contribution < 1.29 is 24.1 Å². The summed E-state index contributed by atoms with van der Waals surface area (Å²) in [5.74, 6) is 0.337. The van der Waals surface area contributed by atoms with Gasteiger partial charge in [0.2, 0.25) is 5.95 Å². The molecule has 0 amide bonds. The molecular formula is C25H31N3O6. The number of aliphatic carboxylic acids is 1. The Morgan fingerprint density at radius 3 is 2.62 bits per heavy atom. The molecule has 1 aliphatic heterocycles. The molecule has 1 saturated heterocycles. The lowest BCUT2D eigenvalue weighted by molar-refractivity contribution is -0.149. The predicted octanol–water partition coefficient (Wildman–Crippen LogP) is 0.546. The molecule has 0 radical (unpaired) electrons. The molecule has 0 saturated carbocycles. The third-order valence-electron chi connectivity index (χ3n) is 5.93. The number of nitrogens with zero attached hydrogens (tertiary/aromatic N) is 3. The highest BCUT2D eigenvalue weighted by Crippen LogP contribution is 2.15. The fraction of sp³-hybridized carbons (Fsp3) is 0.480. The van der Waals surface area contributed by atoms with Crippen LogP contribution in [0.4, 0.5) is 5.95 Å². The number of carboxylic acid groups (broad SMARTS) is 1. The van der Waals surface area contributed by atoms with Gasteiger partial charge in [0.1, 0.15) is 12.4 Å². The van der Waals surface area contributed by atoms with Gasteiger partial charge in [-0.3, -0.25) is 9.36 Å². The quantitative estimate of drug-likeness (QED) is 0.538. The second-order valence-electron chi connectivity index (χ2n) is 8.23. The Labute approximate surface area is 197 Å². The smallest absolute Gasteiger partial charge is 0.333 e. The van der Waals surface area contributed by atoms with Crippen molar-refractivity contribution in [3.05, 3.63) is 50.8 Å². The van der Waals surface area contributed by atoms with E-state index >= 15 is 0 Å². The first kappa shape index (κ1) is 24.0. The first-order valence-corrected chi connectivity index (χ1v) is 11.8. The molecule has 1 aromatic heterocycles. The molecule has 4 rings (SSSR count). The minimum atomic E-state index is -0.975. The van der Waals surface area contributed by atoms with Gasteiger partial charge in [-0.2, -0.15) is 0 Å². The zero-order valence-corrected chi connectivity index (χ0v) is 19.4. The molecule has 9 heteroatoms. The zero-order chi connectivity index (χ0) is 23.9. The van der Waals surface area contributed by atoms with E-state index < -0.39 is 12.1 Å². The molecule has 1 N–H and O–H groups in total. The number of morpholine rings is 1. The molecule has 182 valence electrons. The first-order chi connectivity index (χ1) is 16.6. The van der Waals surface area contributed by atoms with Gasteiger partial charge in [-0.25, -0.2) is 9.78 Å². The Hall–Kier alpha value is -3.17. The molecule has 2 aliphatic rings. The number of fused-ring (bicyclic) bond motifs is 1. The summed E-state index contributed by atoms with van der Waals surface area (Å²) in [6.45, 7) is 5.39. The topological polar surface area (TPSA) is 103 Å². The molecule has 0 spiro atoms. The Kier molecular flexibility index (Phi) is 7.97. The molecule has 2 heterocycles. The van der Waals surface area contributed by atoms with Crippen LogP contribution < -0.4 is 25.8 Å². The number of ether oxygens (including phenoxy) is 3. The zero-order valence-electron chi connectivity index (χ0n) is 19.4. The Balaban J connectivity index is 1.46. The van der Waals surface area contributed by atoms with E-state index in [0.29, 0.717) is 63.0 Å². The lowest BCUT2D eigenvalue weighted by Gasteiger charge is -2.29. The van der Waals surface area contributed by atoms with Crippen molar-refractivity contribution in [3.63, 3.8) is 0 Å². The van der Waals surface area contributed by atoms with E-state index in [1.807, 2.05) is 24.3 Å². The van der Waals surface area contributed by atoms with Crippen molar-refractivity contribution in [2.75, 3.05) is 44.4 Å². The van der Waals surface area contributed by atoms with Crippen LogP contribution in [0.3, 0.4) is 0 Å². The molecule has 1 aromatic carbocycles. The fourth-order valence-corrected chi connectivity index (χ4v) is 4.18. The lowest BCUT2D eigenvalue weighted by Crippen LogP contribution is -2.51. The number of hydrogen-bond donors (Lipinski definition) is 1. The minimum Gasteiger partial charge on any atom is -0.492 e. The van der Waals surface area contributed by atoms with Gasteiger partial charge in [0.15, 0.2) is 6.10 Å². The van der Waals surface area contributed by atoms with Crippen LogP contribution in [-0.4, -0.2) is 66.2 Å². The van der Waals surface area contributed by atoms with Crippen LogP contribution in [0.5, 0.6) is 5.75 Å². The van der Waals surface area contributed by atoms with Crippen LogP contribution in [0.1, 0.15) is 25.3 Å². The standard InChI is InChI=1S/C25H31N3O6/c1-2-33-22(24(30)31)17-18-7-9-19(10-8-18)34-16-13-28-23(29)20-5-3-4-6-21(20)26-25(28)27-11-14-32-15-12-27/h5-10,22H,2-4,11-17H2,1H3,(H,30,31). The fourth-order valence-electron chi connectivity index (χ4n) is 4.18. The van der Waals surface area contributed by atoms with Gasteiger partial charge in [0.25, 0.3) is 5.56 Å². The minimum absolute atomic E-state index is 0.0444. The maximum atomic E-state index is 13.3. The third kappa shape index (κ3) is 5.66. The van der Waals surface area contributed by atoms with E-state index in [1.54, 1.807) is 23.6 Å². The Bertz CT molecular complexity index is 1170. The van der Waals surface area contributed by atoms with Crippen LogP contribution in [0.15, 0.2) is 29.1 Å². The van der Waals surface area contributed by atoms with Crippen LogP contribution in [0.25, 0.3) is 12.2 Å². The number of carbonyl (C=O) groups is 1. The number of benzene rings is 1. The molecule has 1 atom stereocenters. The first-order valence-electron chi connectivity index (χ1n) is 11.8. The summed E-state index contributed by atoms with van der Waals surface area (Å²) < 4.78 is 18.4. The molecule has 1 unspecified atom stereocenters. The van der Waals surface area contributed by atoms with E-state index in [4.69, 9.17) is 19.2 Å². The number of rotatable bonds is 10. The van der Waals surface area contributed by atoms with Crippen molar-refractivity contribution in [2.45, 2.75) is 38.8 Å². The van der Waals surface area contributed by atoms with Crippen molar-refractivity contribution in [3.8, 4) is 5.75 Å². The monoisotopic (exact) mass is 469 g/mol. The van der Waals surface area contributed by atoms with Gasteiger partial charge >= 0.3 is 5.97 Å². The highest BCUT2D eigenvalue weighted by Gasteiger charge is 2.20. The second kappa shape index (κ2) is 11.3. The average molecular weight is 470 g/mol. The van der Waals surface area contributed by atoms with Gasteiger partial charge in [-0.15, -0.1) is 0 Å². The van der Waals surface area contributed by atoms with Crippen LogP contribution >= 0.6 is 0 Å². The molecule has 1 fully saturated rings. The maximum Gasteiger partial charge on any atom is 0.333 e. The normalized spacial score (nSPS) is 16.2. The highest BCUT2D eigenvalue weighted by molar-refractivity contribution is 5.72. The lowest BCUT2D eigenvalue weighted by atomic mass is 10.1. The average Bonchev–Trinajstić information content (AvgIpc) is 2.86. The van der Waals surface area contributed by atoms with Crippen molar-refractivity contribution in [1.29, 1.82) is 0 Å². The molecule has 9 nitrogen and oxygen atoms in total. The molecule has 34 heavy (non-hydrogen) atoms. The highest BCUT2D eigenvalue weighted by atomic mass is 16.5. The predicted molar refractivity (Wildman–Crippen MR) is 128 cm³/mol. The molecular weight excluding hydrogens is 438 g/mol. The summed E-state index contributed by atoms with van der Waals surface area (Å²) in [6, 6.07) is 7.28. The van der Waals surface area contributed by atoms with Crippen LogP contribution in [-0.2, 0) is 27.2 Å². The molecule has 0 bridgehead atoms. The van der Waals surface area contributed by atoms with Crippen molar-refractivity contribution in [2.24, 2.45) is 0 Å². The summed E-state index contributed by atoms with van der Waals surface area (Å²) in [5.41, 5.74) is 0.807. The van der Waals surface area contributed by atoms with E-state index in [2.05, 4.69) is 4.90 Å². The van der Waals surface area contributed by atoms with Crippen LogP contribution in [0.2, 0.25) is 0 Å². The van der Waals surface area contributed by atoms with Gasteiger partial charge in [-0.05, 0) is 37.5 Å². The largest absolute Gasteiger partial charge is 0.492 e. The maximum absolute atomic E-state index is 13.3. The van der Waals surface area contributed by atoms with E-state index in [-0.39, 0.29) is 12.0 Å². The SMILES string of the molecule is CCOC(Cc1ccc(OCCn2c(N3CCOCC3)nc3c(c2=O)=CCCC=3)cc1)C(=O)O. The summed E-state index contributed by atoms with van der Waals surface area (Å²) in [7, 11) is 0. The number of aromatic nitrogens is 2. The summed E-state index contributed by atoms with van der Waals surface area (Å²) in [6.07, 6.45) is 5.15. The number of anilines is 1. The van der Waals surface area contributed by atoms with Crippen molar-refractivity contribution in [1.82, 2.24) is 9.55 Å². The summed E-state index contributed by atoms with van der Waals surface area (Å²) in [5, 5.41) is 10.7. The summed E-state index contributed by atoms with van der Waals surface area (Å²) in [4.78, 5) is 31.5. The van der Waals surface area contributed by atoms with Gasteiger partial charge in [0, 0.05) is 26.1 Å². The van der Waals surface area contributed by atoms with Crippen LogP contribution in [0, 0.1) is 0 Å². The van der Waals surface area contributed by atoms with Gasteiger partial charge in [-0.1, -0.05) is 24.3 Å². The molecule has 2 aromatic rings. The number of carboxylic acids is 1. The Morgan fingerprint density at radius 1 is 1.18 bits per heavy atom. The van der Waals surface area contributed by atoms with E-state index in [1.165, 1.54) is 0 Å². The van der Waals surface area contributed by atoms with Crippen molar-refractivity contribution >= 4 is 24.1 Å². The number of hydrogen-bond acceptors (Lipinski definition) is 7. The summed E-state index contributed by atoms with van der Waals surface area (Å²) >= 11 is 0. The Morgan fingerprint density at radius 2 is 1.91 bits per heavy atom. The van der Waals surface area contributed by atoms with E-state index in [9.17, 15) is 14.7 Å². The van der Waals surface area contributed by atoms with Gasteiger partial charge < -0.3 is 24.2 Å².